The van der Waals surface area contributed by atoms with Crippen LogP contribution in [0.3, 0.4) is 0 Å². The molecule has 0 spiro atoms. The highest BCUT2D eigenvalue weighted by Crippen LogP contribution is 2.24. The first-order chi connectivity index (χ1) is 9.67. The summed E-state index contributed by atoms with van der Waals surface area (Å²) in [4.78, 5) is 4.70. The van der Waals surface area contributed by atoms with E-state index in [0.717, 1.165) is 30.3 Å². The van der Waals surface area contributed by atoms with Gasteiger partial charge in [-0.15, -0.1) is 0 Å². The summed E-state index contributed by atoms with van der Waals surface area (Å²) < 4.78 is 7.32. The monoisotopic (exact) mass is 273 g/mol. The van der Waals surface area contributed by atoms with E-state index < -0.39 is 0 Å². The van der Waals surface area contributed by atoms with Gasteiger partial charge in [0.1, 0.15) is 11.6 Å². The molecule has 1 aromatic carbocycles. The minimum Gasteiger partial charge on any atom is -0.384 e. The van der Waals surface area contributed by atoms with Crippen LogP contribution in [0.15, 0.2) is 30.3 Å². The second-order valence-corrected chi connectivity index (χ2v) is 5.08. The molecule has 108 valence electrons. The Labute approximate surface area is 120 Å². The summed E-state index contributed by atoms with van der Waals surface area (Å²) in [5, 5.41) is 0. The molecule has 0 saturated heterocycles. The fraction of sp³-hybridized carbons (Fsp3) is 0.438. The molecule has 0 bridgehead atoms. The van der Waals surface area contributed by atoms with E-state index >= 15 is 0 Å². The Hall–Kier alpha value is -1.81. The topological polar surface area (TPSA) is 53.1 Å². The second-order valence-electron chi connectivity index (χ2n) is 5.08. The van der Waals surface area contributed by atoms with Gasteiger partial charge in [0, 0.05) is 19.4 Å². The molecule has 4 heteroatoms. The standard InChI is InChI=1S/C16H23N3O/c1-4-14-18-15(12(2)11-20-3)16(17)19(14)10-13-8-6-5-7-9-13/h5-9,12H,4,10-11,17H2,1-3H3. The predicted octanol–water partition coefficient (Wildman–Crippen LogP) is 2.83. The number of nitrogen functional groups attached to an aromatic ring is 1. The molecule has 1 aromatic heterocycles. The van der Waals surface area contributed by atoms with Crippen LogP contribution in [-0.4, -0.2) is 23.3 Å². The molecule has 4 nitrogen and oxygen atoms in total. The molecular weight excluding hydrogens is 250 g/mol. The molecule has 1 atom stereocenters. The maximum atomic E-state index is 6.30. The first-order valence-electron chi connectivity index (χ1n) is 7.05. The highest BCUT2D eigenvalue weighted by Gasteiger charge is 2.18. The summed E-state index contributed by atoms with van der Waals surface area (Å²) in [6.45, 7) is 5.60. The highest BCUT2D eigenvalue weighted by molar-refractivity contribution is 5.41. The van der Waals surface area contributed by atoms with Gasteiger partial charge in [0.2, 0.25) is 0 Å². The fourth-order valence-electron chi connectivity index (χ4n) is 2.44. The van der Waals surface area contributed by atoms with Gasteiger partial charge in [-0.05, 0) is 5.56 Å². The number of hydrogen-bond donors (Lipinski definition) is 1. The number of imidazole rings is 1. The number of ether oxygens (including phenoxy) is 1. The minimum atomic E-state index is 0.210. The Morgan fingerprint density at radius 2 is 2.00 bits per heavy atom. The minimum absolute atomic E-state index is 0.210. The third-order valence-electron chi connectivity index (χ3n) is 3.50. The normalized spacial score (nSPS) is 12.6. The summed E-state index contributed by atoms with van der Waals surface area (Å²) >= 11 is 0. The number of nitrogens with two attached hydrogens (primary N) is 1. The quantitative estimate of drug-likeness (QED) is 0.880. The van der Waals surface area contributed by atoms with Crippen molar-refractivity contribution in [2.45, 2.75) is 32.7 Å². The largest absolute Gasteiger partial charge is 0.384 e. The van der Waals surface area contributed by atoms with Crippen molar-refractivity contribution in [1.82, 2.24) is 9.55 Å². The highest BCUT2D eigenvalue weighted by atomic mass is 16.5. The van der Waals surface area contributed by atoms with Crippen LogP contribution in [0.2, 0.25) is 0 Å². The van der Waals surface area contributed by atoms with Gasteiger partial charge in [-0.3, -0.25) is 0 Å². The van der Waals surface area contributed by atoms with E-state index in [1.54, 1.807) is 7.11 Å². The van der Waals surface area contributed by atoms with Crippen LogP contribution >= 0.6 is 0 Å². The average molecular weight is 273 g/mol. The summed E-state index contributed by atoms with van der Waals surface area (Å²) in [5.41, 5.74) is 8.48. The third kappa shape index (κ3) is 3.02. The molecule has 2 rings (SSSR count). The number of hydrogen-bond acceptors (Lipinski definition) is 3. The van der Waals surface area contributed by atoms with Crippen molar-refractivity contribution in [1.29, 1.82) is 0 Å². The molecule has 1 unspecified atom stereocenters. The van der Waals surface area contributed by atoms with Crippen LogP contribution in [0.1, 0.15) is 36.8 Å². The van der Waals surface area contributed by atoms with E-state index in [0.29, 0.717) is 6.61 Å². The van der Waals surface area contributed by atoms with Crippen LogP contribution in [0, 0.1) is 0 Å². The number of rotatable bonds is 6. The molecule has 0 saturated carbocycles. The lowest BCUT2D eigenvalue weighted by molar-refractivity contribution is 0.183. The first-order valence-corrected chi connectivity index (χ1v) is 7.05. The Kier molecular flexibility index (Phi) is 4.79. The first kappa shape index (κ1) is 14.6. The molecule has 0 fully saturated rings. The molecule has 0 aliphatic heterocycles. The molecule has 2 N–H and O–H groups in total. The van der Waals surface area contributed by atoms with Crippen LogP contribution in [0.25, 0.3) is 0 Å². The predicted molar refractivity (Wildman–Crippen MR) is 81.9 cm³/mol. The zero-order valence-electron chi connectivity index (χ0n) is 12.5. The zero-order chi connectivity index (χ0) is 14.5. The fourth-order valence-corrected chi connectivity index (χ4v) is 2.44. The van der Waals surface area contributed by atoms with Crippen molar-refractivity contribution < 1.29 is 4.74 Å². The van der Waals surface area contributed by atoms with Crippen molar-refractivity contribution in [3.05, 3.63) is 47.4 Å². The average Bonchev–Trinajstić information content (AvgIpc) is 2.77. The molecule has 20 heavy (non-hydrogen) atoms. The number of aryl methyl sites for hydroxylation is 1. The number of benzene rings is 1. The summed E-state index contributed by atoms with van der Waals surface area (Å²) in [6, 6.07) is 10.3. The van der Waals surface area contributed by atoms with E-state index in [-0.39, 0.29) is 5.92 Å². The van der Waals surface area contributed by atoms with Gasteiger partial charge < -0.3 is 15.0 Å². The molecule has 0 aliphatic rings. The van der Waals surface area contributed by atoms with Crippen molar-refractivity contribution in [3.63, 3.8) is 0 Å². The van der Waals surface area contributed by atoms with Crippen molar-refractivity contribution in [2.75, 3.05) is 19.5 Å². The SMILES string of the molecule is CCc1nc(C(C)COC)c(N)n1Cc1ccccc1. The number of nitrogens with zero attached hydrogens (tertiary/aromatic N) is 2. The Balaban J connectivity index is 2.32. The Morgan fingerprint density at radius 3 is 2.60 bits per heavy atom. The third-order valence-corrected chi connectivity index (χ3v) is 3.50. The van der Waals surface area contributed by atoms with Crippen LogP contribution in [0.5, 0.6) is 0 Å². The van der Waals surface area contributed by atoms with E-state index in [4.69, 9.17) is 15.5 Å². The number of anilines is 1. The lowest BCUT2D eigenvalue weighted by atomic mass is 10.1. The summed E-state index contributed by atoms with van der Waals surface area (Å²) in [7, 11) is 1.70. The van der Waals surface area contributed by atoms with E-state index in [1.165, 1.54) is 5.56 Å². The van der Waals surface area contributed by atoms with Crippen molar-refractivity contribution in [2.24, 2.45) is 0 Å². The van der Waals surface area contributed by atoms with Crippen LogP contribution in [-0.2, 0) is 17.7 Å². The number of methoxy groups -OCH3 is 1. The van der Waals surface area contributed by atoms with E-state index in [1.807, 2.05) is 18.2 Å². The van der Waals surface area contributed by atoms with Gasteiger partial charge in [0.25, 0.3) is 0 Å². The molecule has 0 radical (unpaired) electrons. The summed E-state index contributed by atoms with van der Waals surface area (Å²) in [5.74, 6) is 2.00. The second kappa shape index (κ2) is 6.57. The molecular formula is C16H23N3O. The van der Waals surface area contributed by atoms with Gasteiger partial charge >= 0.3 is 0 Å². The number of aromatic nitrogens is 2. The Bertz CT molecular complexity index is 548. The Morgan fingerprint density at radius 1 is 1.30 bits per heavy atom. The summed E-state index contributed by atoms with van der Waals surface area (Å²) in [6.07, 6.45) is 0.872. The van der Waals surface area contributed by atoms with Crippen molar-refractivity contribution in [3.8, 4) is 0 Å². The van der Waals surface area contributed by atoms with E-state index in [2.05, 4.69) is 30.5 Å². The van der Waals surface area contributed by atoms with Gasteiger partial charge in [-0.1, -0.05) is 44.2 Å². The molecule has 0 amide bonds. The van der Waals surface area contributed by atoms with Crippen LogP contribution < -0.4 is 5.73 Å². The molecule has 1 heterocycles. The molecule has 0 aliphatic carbocycles. The maximum absolute atomic E-state index is 6.30. The van der Waals surface area contributed by atoms with Gasteiger partial charge in [-0.2, -0.15) is 0 Å². The smallest absolute Gasteiger partial charge is 0.127 e. The van der Waals surface area contributed by atoms with Gasteiger partial charge in [0.15, 0.2) is 0 Å². The molecule has 2 aromatic rings. The lowest BCUT2D eigenvalue weighted by Crippen LogP contribution is -2.09. The van der Waals surface area contributed by atoms with E-state index in [9.17, 15) is 0 Å². The zero-order valence-corrected chi connectivity index (χ0v) is 12.5. The van der Waals surface area contributed by atoms with Gasteiger partial charge in [0.05, 0.1) is 18.8 Å². The van der Waals surface area contributed by atoms with Crippen LogP contribution in [0.4, 0.5) is 5.82 Å². The lowest BCUT2D eigenvalue weighted by Gasteiger charge is -2.11. The van der Waals surface area contributed by atoms with Gasteiger partial charge in [-0.25, -0.2) is 4.98 Å². The maximum Gasteiger partial charge on any atom is 0.127 e. The van der Waals surface area contributed by atoms with Crippen molar-refractivity contribution >= 4 is 5.82 Å².